The molecule has 1 aromatic heterocycles. The molecule has 2 heterocycles. The first kappa shape index (κ1) is 20.8. The second-order valence-electron chi connectivity index (χ2n) is 8.20. The summed E-state index contributed by atoms with van der Waals surface area (Å²) < 4.78 is 1.43. The molecule has 160 valence electrons. The van der Waals surface area contributed by atoms with Crippen LogP contribution in [0.25, 0.3) is 10.9 Å². The zero-order chi connectivity index (χ0) is 22.0. The number of hydrogen-bond acceptors (Lipinski definition) is 3. The summed E-state index contributed by atoms with van der Waals surface area (Å²) in [5, 5.41) is 3.56. The minimum absolute atomic E-state index is 0.111. The van der Waals surface area contributed by atoms with Gasteiger partial charge in [0, 0.05) is 30.2 Å². The maximum Gasteiger partial charge on any atom is 0.254 e. The number of rotatable bonds is 4. The number of pyridine rings is 1. The lowest BCUT2D eigenvalue weighted by atomic mass is 10.0. The number of carbonyl (C=O) groups is 2. The van der Waals surface area contributed by atoms with Crippen molar-refractivity contribution in [1.82, 2.24) is 9.47 Å². The maximum absolute atomic E-state index is 13.1. The van der Waals surface area contributed by atoms with Crippen molar-refractivity contribution in [3.8, 4) is 0 Å². The molecule has 1 aliphatic heterocycles. The number of aromatic nitrogens is 1. The molecule has 1 fully saturated rings. The summed E-state index contributed by atoms with van der Waals surface area (Å²) >= 11 is 0. The van der Waals surface area contributed by atoms with E-state index in [0.717, 1.165) is 30.4 Å². The molecule has 0 atom stereocenters. The fraction of sp³-hybridized carbons (Fsp3) is 0.320. The van der Waals surface area contributed by atoms with E-state index in [9.17, 15) is 14.4 Å². The van der Waals surface area contributed by atoms with E-state index in [-0.39, 0.29) is 23.9 Å². The van der Waals surface area contributed by atoms with E-state index in [2.05, 4.69) is 5.32 Å². The molecule has 0 spiro atoms. The van der Waals surface area contributed by atoms with Crippen molar-refractivity contribution in [2.45, 2.75) is 39.7 Å². The van der Waals surface area contributed by atoms with Crippen molar-refractivity contribution in [1.29, 1.82) is 0 Å². The lowest BCUT2D eigenvalue weighted by Gasteiger charge is -2.27. The summed E-state index contributed by atoms with van der Waals surface area (Å²) in [6.07, 6.45) is 3.10. The second-order valence-corrected chi connectivity index (χ2v) is 8.20. The van der Waals surface area contributed by atoms with Crippen LogP contribution in [0, 0.1) is 13.8 Å². The number of fused-ring (bicyclic) bond motifs is 1. The average molecular weight is 418 g/mol. The van der Waals surface area contributed by atoms with Gasteiger partial charge in [0.1, 0.15) is 6.54 Å². The SMILES string of the molecule is Cc1ccc(NC(=O)Cn2c(=O)cc(C(=O)N3CCCCC3)c3ccccc32)cc1C. The number of aryl methyl sites for hydroxylation is 2. The quantitative estimate of drug-likeness (QED) is 0.700. The summed E-state index contributed by atoms with van der Waals surface area (Å²) in [5.41, 5.74) is 3.57. The molecule has 0 unspecified atom stereocenters. The Balaban J connectivity index is 1.65. The summed E-state index contributed by atoms with van der Waals surface area (Å²) in [5.74, 6) is -0.398. The molecule has 1 aliphatic rings. The Hall–Kier alpha value is -3.41. The second kappa shape index (κ2) is 8.76. The van der Waals surface area contributed by atoms with E-state index >= 15 is 0 Å². The molecule has 2 amide bonds. The predicted molar refractivity (Wildman–Crippen MR) is 123 cm³/mol. The van der Waals surface area contributed by atoms with Crippen molar-refractivity contribution in [3.05, 3.63) is 75.6 Å². The van der Waals surface area contributed by atoms with E-state index in [1.807, 2.05) is 55.1 Å². The fourth-order valence-corrected chi connectivity index (χ4v) is 4.11. The van der Waals surface area contributed by atoms with Crippen LogP contribution in [0.1, 0.15) is 40.7 Å². The van der Waals surface area contributed by atoms with Gasteiger partial charge in [-0.15, -0.1) is 0 Å². The largest absolute Gasteiger partial charge is 0.339 e. The lowest BCUT2D eigenvalue weighted by Crippen LogP contribution is -2.37. The lowest BCUT2D eigenvalue weighted by molar-refractivity contribution is -0.116. The number of piperidine rings is 1. The molecule has 31 heavy (non-hydrogen) atoms. The van der Waals surface area contributed by atoms with Crippen LogP contribution in [0.3, 0.4) is 0 Å². The molecule has 4 rings (SSSR count). The van der Waals surface area contributed by atoms with Gasteiger partial charge in [-0.05, 0) is 62.4 Å². The van der Waals surface area contributed by atoms with E-state index in [0.29, 0.717) is 35.2 Å². The van der Waals surface area contributed by atoms with Gasteiger partial charge in [-0.25, -0.2) is 0 Å². The number of anilines is 1. The maximum atomic E-state index is 13.1. The number of nitrogens with zero attached hydrogens (tertiary/aromatic N) is 2. The number of nitrogens with one attached hydrogen (secondary N) is 1. The Labute approximate surface area is 181 Å². The van der Waals surface area contributed by atoms with Gasteiger partial charge in [0.25, 0.3) is 11.5 Å². The molecule has 6 heteroatoms. The Morgan fingerprint density at radius 1 is 0.935 bits per heavy atom. The van der Waals surface area contributed by atoms with E-state index in [4.69, 9.17) is 0 Å². The van der Waals surface area contributed by atoms with Crippen LogP contribution in [0.2, 0.25) is 0 Å². The van der Waals surface area contributed by atoms with Crippen LogP contribution in [-0.4, -0.2) is 34.4 Å². The van der Waals surface area contributed by atoms with Gasteiger partial charge in [0.15, 0.2) is 0 Å². The molecule has 3 aromatic rings. The zero-order valence-electron chi connectivity index (χ0n) is 18.0. The van der Waals surface area contributed by atoms with Crippen molar-refractivity contribution < 1.29 is 9.59 Å². The average Bonchev–Trinajstić information content (AvgIpc) is 2.78. The molecule has 0 aliphatic carbocycles. The zero-order valence-corrected chi connectivity index (χ0v) is 18.0. The van der Waals surface area contributed by atoms with Gasteiger partial charge in [0.05, 0.1) is 11.1 Å². The Kier molecular flexibility index (Phi) is 5.89. The van der Waals surface area contributed by atoms with Gasteiger partial charge >= 0.3 is 0 Å². The number of carbonyl (C=O) groups excluding carboxylic acids is 2. The van der Waals surface area contributed by atoms with Gasteiger partial charge in [0.2, 0.25) is 5.91 Å². The molecule has 6 nitrogen and oxygen atoms in total. The van der Waals surface area contributed by atoms with Crippen molar-refractivity contribution in [2.24, 2.45) is 0 Å². The Morgan fingerprint density at radius 2 is 1.68 bits per heavy atom. The van der Waals surface area contributed by atoms with E-state index in [1.54, 1.807) is 6.07 Å². The van der Waals surface area contributed by atoms with Crippen molar-refractivity contribution >= 4 is 28.4 Å². The molecule has 1 N–H and O–H groups in total. The van der Waals surface area contributed by atoms with Gasteiger partial charge in [-0.1, -0.05) is 24.3 Å². The smallest absolute Gasteiger partial charge is 0.254 e. The highest BCUT2D eigenvalue weighted by molar-refractivity contribution is 6.06. The van der Waals surface area contributed by atoms with Crippen molar-refractivity contribution in [2.75, 3.05) is 18.4 Å². The summed E-state index contributed by atoms with van der Waals surface area (Å²) in [6, 6.07) is 14.4. The number of para-hydroxylation sites is 1. The highest BCUT2D eigenvalue weighted by Gasteiger charge is 2.22. The van der Waals surface area contributed by atoms with Crippen LogP contribution in [0.5, 0.6) is 0 Å². The molecular weight excluding hydrogens is 390 g/mol. The van der Waals surface area contributed by atoms with Crippen LogP contribution >= 0.6 is 0 Å². The van der Waals surface area contributed by atoms with Crippen LogP contribution in [0.4, 0.5) is 5.69 Å². The first-order valence-electron chi connectivity index (χ1n) is 10.7. The molecule has 0 radical (unpaired) electrons. The summed E-state index contributed by atoms with van der Waals surface area (Å²) in [6.45, 7) is 5.31. The molecular formula is C25H27N3O3. The number of amides is 2. The van der Waals surface area contributed by atoms with Gasteiger partial charge in [-0.2, -0.15) is 0 Å². The molecule has 2 aromatic carbocycles. The first-order chi connectivity index (χ1) is 14.9. The highest BCUT2D eigenvalue weighted by atomic mass is 16.2. The first-order valence-corrected chi connectivity index (χ1v) is 10.7. The standard InChI is InChI=1S/C25H27N3O3/c1-17-10-11-19(14-18(17)2)26-23(29)16-28-22-9-5-4-8-20(22)21(15-24(28)30)25(31)27-12-6-3-7-13-27/h4-5,8-11,14-15H,3,6-7,12-13,16H2,1-2H3,(H,26,29). The number of benzene rings is 2. The third kappa shape index (κ3) is 4.38. The van der Waals surface area contributed by atoms with Crippen molar-refractivity contribution in [3.63, 3.8) is 0 Å². The van der Waals surface area contributed by atoms with Crippen LogP contribution in [-0.2, 0) is 11.3 Å². The van der Waals surface area contributed by atoms with E-state index in [1.165, 1.54) is 10.6 Å². The topological polar surface area (TPSA) is 71.4 Å². The minimum Gasteiger partial charge on any atom is -0.339 e. The fourth-order valence-electron chi connectivity index (χ4n) is 4.11. The predicted octanol–water partition coefficient (Wildman–Crippen LogP) is 3.88. The van der Waals surface area contributed by atoms with Crippen LogP contribution < -0.4 is 10.9 Å². The number of hydrogen-bond donors (Lipinski definition) is 1. The normalized spacial score (nSPS) is 13.9. The Morgan fingerprint density at radius 3 is 2.42 bits per heavy atom. The molecule has 0 saturated carbocycles. The monoisotopic (exact) mass is 417 g/mol. The van der Waals surface area contributed by atoms with E-state index < -0.39 is 0 Å². The van der Waals surface area contributed by atoms with Crippen LogP contribution in [0.15, 0.2) is 53.3 Å². The Bertz CT molecular complexity index is 1210. The minimum atomic E-state index is -0.353. The summed E-state index contributed by atoms with van der Waals surface area (Å²) in [4.78, 5) is 40.6. The number of likely N-dealkylation sites (tertiary alicyclic amines) is 1. The molecule has 1 saturated heterocycles. The van der Waals surface area contributed by atoms with Gasteiger partial charge in [-0.3, -0.25) is 19.0 Å². The third-order valence-corrected chi connectivity index (χ3v) is 5.98. The van der Waals surface area contributed by atoms with Gasteiger partial charge < -0.3 is 10.2 Å². The third-order valence-electron chi connectivity index (χ3n) is 5.98. The highest BCUT2D eigenvalue weighted by Crippen LogP contribution is 2.21. The molecule has 0 bridgehead atoms. The summed E-state index contributed by atoms with van der Waals surface area (Å²) in [7, 11) is 0.